The number of amides is 4. The molecule has 8 heteroatoms. The Morgan fingerprint density at radius 2 is 1.84 bits per heavy atom. The molecule has 2 aromatic carbocycles. The maximum Gasteiger partial charge on any atom is 0.250 e. The van der Waals surface area contributed by atoms with Gasteiger partial charge < -0.3 is 11.1 Å². The van der Waals surface area contributed by atoms with E-state index < -0.39 is 29.3 Å². The SMILES string of the molecule is Cc1ccc2c(c1)[C@@]1(N[C@@H](CC(N)=O)[C@H]3C(=O)N(CCc4ccccc4)C(=O)[C@H]31)C(=O)N2. The van der Waals surface area contributed by atoms with Crippen LogP contribution in [0.15, 0.2) is 48.5 Å². The van der Waals surface area contributed by atoms with Gasteiger partial charge >= 0.3 is 0 Å². The molecule has 2 fully saturated rings. The van der Waals surface area contributed by atoms with Gasteiger partial charge in [0.1, 0.15) is 5.54 Å². The number of hydrogen-bond donors (Lipinski definition) is 3. The van der Waals surface area contributed by atoms with Gasteiger partial charge in [-0.1, -0.05) is 48.0 Å². The van der Waals surface area contributed by atoms with Gasteiger partial charge in [-0.25, -0.2) is 0 Å². The number of carbonyl (C=O) groups excluding carboxylic acids is 4. The molecule has 0 bridgehead atoms. The molecule has 1 spiro atoms. The Morgan fingerprint density at radius 3 is 2.56 bits per heavy atom. The molecule has 0 saturated carbocycles. The predicted molar refractivity (Wildman–Crippen MR) is 116 cm³/mol. The van der Waals surface area contributed by atoms with Crippen molar-refractivity contribution in [3.05, 3.63) is 65.2 Å². The third-order valence-electron chi connectivity index (χ3n) is 6.85. The van der Waals surface area contributed by atoms with Crippen molar-refractivity contribution in [1.29, 1.82) is 0 Å². The second-order valence-corrected chi connectivity index (χ2v) is 8.80. The highest BCUT2D eigenvalue weighted by atomic mass is 16.2. The summed E-state index contributed by atoms with van der Waals surface area (Å²) in [5, 5.41) is 6.06. The Morgan fingerprint density at radius 1 is 1.09 bits per heavy atom. The van der Waals surface area contributed by atoms with Crippen LogP contribution in [0.4, 0.5) is 5.69 Å². The largest absolute Gasteiger partial charge is 0.370 e. The van der Waals surface area contributed by atoms with E-state index in [4.69, 9.17) is 5.73 Å². The molecular formula is C24H24N4O4. The number of carbonyl (C=O) groups is 4. The van der Waals surface area contributed by atoms with E-state index in [-0.39, 0.29) is 30.7 Å². The molecule has 3 aliphatic heterocycles. The van der Waals surface area contributed by atoms with Crippen LogP contribution in [0.2, 0.25) is 0 Å². The maximum atomic E-state index is 13.6. The summed E-state index contributed by atoms with van der Waals surface area (Å²) in [5.74, 6) is -3.49. The summed E-state index contributed by atoms with van der Waals surface area (Å²) in [7, 11) is 0. The summed E-state index contributed by atoms with van der Waals surface area (Å²) < 4.78 is 0. The number of anilines is 1. The summed E-state index contributed by atoms with van der Waals surface area (Å²) >= 11 is 0. The van der Waals surface area contributed by atoms with Crippen LogP contribution in [0.3, 0.4) is 0 Å². The second-order valence-electron chi connectivity index (χ2n) is 8.80. The van der Waals surface area contributed by atoms with Crippen LogP contribution in [0, 0.1) is 18.8 Å². The average molecular weight is 432 g/mol. The van der Waals surface area contributed by atoms with Crippen molar-refractivity contribution >= 4 is 29.3 Å². The molecule has 0 unspecified atom stereocenters. The van der Waals surface area contributed by atoms with E-state index in [0.29, 0.717) is 17.7 Å². The number of hydrogen-bond acceptors (Lipinski definition) is 5. The fourth-order valence-electron chi connectivity index (χ4n) is 5.47. The first-order valence-corrected chi connectivity index (χ1v) is 10.7. The maximum absolute atomic E-state index is 13.6. The molecule has 3 aliphatic rings. The predicted octanol–water partition coefficient (Wildman–Crippen LogP) is 0.834. The van der Waals surface area contributed by atoms with Crippen molar-refractivity contribution in [3.63, 3.8) is 0 Å². The highest BCUT2D eigenvalue weighted by molar-refractivity contribution is 6.15. The van der Waals surface area contributed by atoms with Crippen molar-refractivity contribution in [1.82, 2.24) is 10.2 Å². The number of benzene rings is 2. The van der Waals surface area contributed by atoms with Crippen LogP contribution in [0.1, 0.15) is 23.1 Å². The van der Waals surface area contributed by atoms with Gasteiger partial charge in [-0.3, -0.25) is 29.4 Å². The van der Waals surface area contributed by atoms with E-state index in [9.17, 15) is 19.2 Å². The Balaban J connectivity index is 1.55. The molecule has 4 N–H and O–H groups in total. The molecule has 0 radical (unpaired) electrons. The topological polar surface area (TPSA) is 122 Å². The molecule has 0 aromatic heterocycles. The minimum Gasteiger partial charge on any atom is -0.370 e. The number of nitrogens with one attached hydrogen (secondary N) is 2. The van der Waals surface area contributed by atoms with E-state index in [0.717, 1.165) is 11.1 Å². The number of aryl methyl sites for hydroxylation is 1. The van der Waals surface area contributed by atoms with Crippen LogP contribution >= 0.6 is 0 Å². The number of rotatable bonds is 5. The van der Waals surface area contributed by atoms with Crippen molar-refractivity contribution in [2.45, 2.75) is 31.3 Å². The zero-order chi connectivity index (χ0) is 22.6. The van der Waals surface area contributed by atoms with Crippen LogP contribution in [0.5, 0.6) is 0 Å². The summed E-state index contributed by atoms with van der Waals surface area (Å²) in [6.45, 7) is 2.12. The van der Waals surface area contributed by atoms with Gasteiger partial charge in [0.05, 0.1) is 11.8 Å². The highest BCUT2D eigenvalue weighted by Gasteiger charge is 2.70. The van der Waals surface area contributed by atoms with E-state index in [2.05, 4.69) is 10.6 Å². The van der Waals surface area contributed by atoms with Crippen LogP contribution < -0.4 is 16.4 Å². The van der Waals surface area contributed by atoms with Crippen molar-refractivity contribution in [2.24, 2.45) is 17.6 Å². The molecule has 164 valence electrons. The molecule has 2 saturated heterocycles. The number of primary amides is 1. The van der Waals surface area contributed by atoms with Crippen LogP contribution in [-0.4, -0.2) is 41.1 Å². The summed E-state index contributed by atoms with van der Waals surface area (Å²) in [5.41, 5.74) is 7.22. The fraction of sp³-hybridized carbons (Fsp3) is 0.333. The smallest absolute Gasteiger partial charge is 0.250 e. The zero-order valence-corrected chi connectivity index (χ0v) is 17.6. The quantitative estimate of drug-likeness (QED) is 0.605. The first-order chi connectivity index (χ1) is 15.3. The lowest BCUT2D eigenvalue weighted by molar-refractivity contribution is -0.142. The first kappa shape index (κ1) is 20.4. The summed E-state index contributed by atoms with van der Waals surface area (Å²) in [4.78, 5) is 53.4. The van der Waals surface area contributed by atoms with E-state index in [1.54, 1.807) is 6.07 Å². The molecule has 3 heterocycles. The third-order valence-corrected chi connectivity index (χ3v) is 6.85. The molecule has 2 aromatic rings. The Labute approximate surface area is 185 Å². The highest BCUT2D eigenvalue weighted by Crippen LogP contribution is 2.53. The molecule has 5 rings (SSSR count). The lowest BCUT2D eigenvalue weighted by atomic mass is 9.76. The molecule has 8 nitrogen and oxygen atoms in total. The van der Waals surface area contributed by atoms with Gasteiger partial charge in [0, 0.05) is 30.3 Å². The third kappa shape index (κ3) is 2.86. The lowest BCUT2D eigenvalue weighted by Crippen LogP contribution is -2.53. The minimum absolute atomic E-state index is 0.136. The van der Waals surface area contributed by atoms with Gasteiger partial charge in [-0.2, -0.15) is 0 Å². The molecular weight excluding hydrogens is 408 g/mol. The average Bonchev–Trinajstić information content (AvgIpc) is 3.32. The normalized spacial score (nSPS) is 28.2. The second kappa shape index (κ2) is 7.27. The Bertz CT molecular complexity index is 1150. The van der Waals surface area contributed by atoms with Gasteiger partial charge in [0.25, 0.3) is 0 Å². The summed E-state index contributed by atoms with van der Waals surface area (Å²) in [6, 6.07) is 14.4. The van der Waals surface area contributed by atoms with Crippen molar-refractivity contribution < 1.29 is 19.2 Å². The summed E-state index contributed by atoms with van der Waals surface area (Å²) in [6.07, 6.45) is 0.378. The molecule has 0 aliphatic carbocycles. The number of fused-ring (bicyclic) bond motifs is 4. The molecule has 4 amide bonds. The van der Waals surface area contributed by atoms with Crippen LogP contribution in [0.25, 0.3) is 0 Å². The monoisotopic (exact) mass is 432 g/mol. The van der Waals surface area contributed by atoms with Gasteiger partial charge in [-0.05, 0) is 25.0 Å². The van der Waals surface area contributed by atoms with Crippen molar-refractivity contribution in [3.8, 4) is 0 Å². The van der Waals surface area contributed by atoms with Crippen LogP contribution in [-0.2, 0) is 31.1 Å². The van der Waals surface area contributed by atoms with Crippen molar-refractivity contribution in [2.75, 3.05) is 11.9 Å². The minimum atomic E-state index is -1.40. The van der Waals surface area contributed by atoms with Gasteiger partial charge in [-0.15, -0.1) is 0 Å². The Kier molecular flexibility index (Phi) is 4.63. The number of nitrogens with zero attached hydrogens (tertiary/aromatic N) is 1. The Hall–Kier alpha value is -3.52. The zero-order valence-electron chi connectivity index (χ0n) is 17.6. The number of likely N-dealkylation sites (tertiary alicyclic amines) is 1. The number of nitrogens with two attached hydrogens (primary N) is 1. The molecule has 32 heavy (non-hydrogen) atoms. The van der Waals surface area contributed by atoms with E-state index in [1.165, 1.54) is 4.90 Å². The first-order valence-electron chi connectivity index (χ1n) is 10.7. The van der Waals surface area contributed by atoms with E-state index >= 15 is 0 Å². The number of imide groups is 1. The van der Waals surface area contributed by atoms with Gasteiger partial charge in [0.2, 0.25) is 23.6 Å². The standard InChI is InChI=1S/C24H24N4O4/c1-13-7-8-16-15(11-13)24(23(32)26-16)20-19(17(27-24)12-18(25)29)21(30)28(22(20)31)10-9-14-5-3-2-4-6-14/h2-8,11,17,19-20,27H,9-10,12H2,1H3,(H2,25,29)(H,26,32)/t17-,19+,20-,24-/m0/s1. The fourth-order valence-corrected chi connectivity index (χ4v) is 5.47. The lowest BCUT2D eigenvalue weighted by Gasteiger charge is -2.29. The van der Waals surface area contributed by atoms with Gasteiger partial charge in [0.15, 0.2) is 0 Å². The van der Waals surface area contributed by atoms with E-state index in [1.807, 2.05) is 49.4 Å². The molecule has 4 atom stereocenters.